The van der Waals surface area contributed by atoms with E-state index < -0.39 is 5.56 Å². The van der Waals surface area contributed by atoms with E-state index in [0.717, 1.165) is 5.56 Å². The van der Waals surface area contributed by atoms with E-state index in [1.165, 1.54) is 10.6 Å². The van der Waals surface area contributed by atoms with Gasteiger partial charge in [-0.1, -0.05) is 41.9 Å². The van der Waals surface area contributed by atoms with Crippen LogP contribution in [0.5, 0.6) is 0 Å². The van der Waals surface area contributed by atoms with Gasteiger partial charge in [0.25, 0.3) is 5.56 Å². The number of benzene rings is 2. The molecule has 0 bridgehead atoms. The Morgan fingerprint density at radius 2 is 1.70 bits per heavy atom. The molecule has 1 atom stereocenters. The lowest BCUT2D eigenvalue weighted by atomic mass is 9.81. The Bertz CT molecular complexity index is 1130. The summed E-state index contributed by atoms with van der Waals surface area (Å²) in [5, 5.41) is 9.91. The number of nitriles is 1. The highest BCUT2D eigenvalue weighted by atomic mass is 35.5. The van der Waals surface area contributed by atoms with Crippen LogP contribution in [0.1, 0.15) is 39.5 Å². The van der Waals surface area contributed by atoms with Crippen molar-refractivity contribution < 1.29 is 4.79 Å². The number of aromatic nitrogens is 1. The average molecular weight is 375 g/mol. The monoisotopic (exact) mass is 374 g/mol. The van der Waals surface area contributed by atoms with E-state index in [1.807, 2.05) is 36.4 Å². The summed E-state index contributed by atoms with van der Waals surface area (Å²) in [6.07, 6.45) is 0.912. The van der Waals surface area contributed by atoms with Crippen LogP contribution in [0, 0.1) is 11.3 Å². The molecule has 5 heteroatoms. The predicted octanol–water partition coefficient (Wildman–Crippen LogP) is 4.28. The minimum atomic E-state index is -0.417. The highest BCUT2D eigenvalue weighted by Gasteiger charge is 2.30. The van der Waals surface area contributed by atoms with Crippen LogP contribution in [0.25, 0.3) is 5.69 Å². The summed E-state index contributed by atoms with van der Waals surface area (Å²) in [5.74, 6) is -0.0543. The van der Waals surface area contributed by atoms with Crippen molar-refractivity contribution in [1.82, 2.24) is 4.57 Å². The number of fused-ring (bicyclic) bond motifs is 1. The molecule has 2 aromatic carbocycles. The zero-order chi connectivity index (χ0) is 19.0. The van der Waals surface area contributed by atoms with Crippen molar-refractivity contribution in [2.75, 3.05) is 0 Å². The predicted molar refractivity (Wildman–Crippen MR) is 104 cm³/mol. The highest BCUT2D eigenvalue weighted by molar-refractivity contribution is 6.30. The van der Waals surface area contributed by atoms with Gasteiger partial charge < -0.3 is 0 Å². The number of rotatable bonds is 2. The van der Waals surface area contributed by atoms with Crippen molar-refractivity contribution in [2.45, 2.75) is 18.8 Å². The summed E-state index contributed by atoms with van der Waals surface area (Å²) in [4.78, 5) is 25.7. The summed E-state index contributed by atoms with van der Waals surface area (Å²) in [7, 11) is 0. The molecule has 0 saturated carbocycles. The molecule has 132 valence electrons. The minimum Gasteiger partial charge on any atom is -0.294 e. The van der Waals surface area contributed by atoms with Crippen LogP contribution in [0.4, 0.5) is 0 Å². The molecule has 0 N–H and O–H groups in total. The Hall–Kier alpha value is -3.16. The molecule has 0 spiro atoms. The Kier molecular flexibility index (Phi) is 4.39. The summed E-state index contributed by atoms with van der Waals surface area (Å²) >= 11 is 5.97. The molecular formula is C22H15ClN2O2. The first-order chi connectivity index (χ1) is 13.1. The highest BCUT2D eigenvalue weighted by Crippen LogP contribution is 2.33. The molecule has 0 aliphatic heterocycles. The number of halogens is 1. The molecule has 0 fully saturated rings. The summed E-state index contributed by atoms with van der Waals surface area (Å²) < 4.78 is 1.48. The van der Waals surface area contributed by atoms with Gasteiger partial charge in [-0.3, -0.25) is 14.2 Å². The van der Waals surface area contributed by atoms with E-state index in [0.29, 0.717) is 34.8 Å². The Morgan fingerprint density at radius 1 is 1.00 bits per heavy atom. The van der Waals surface area contributed by atoms with Crippen molar-refractivity contribution in [3.05, 3.63) is 98.4 Å². The number of pyridine rings is 1. The van der Waals surface area contributed by atoms with Gasteiger partial charge in [-0.25, -0.2) is 0 Å². The van der Waals surface area contributed by atoms with Crippen LogP contribution in [-0.2, 0) is 6.42 Å². The molecule has 0 unspecified atom stereocenters. The molecule has 1 aliphatic rings. The van der Waals surface area contributed by atoms with Crippen molar-refractivity contribution >= 4 is 17.4 Å². The van der Waals surface area contributed by atoms with E-state index in [2.05, 4.69) is 0 Å². The lowest BCUT2D eigenvalue weighted by Gasteiger charge is -2.27. The molecular weight excluding hydrogens is 360 g/mol. The van der Waals surface area contributed by atoms with E-state index >= 15 is 0 Å². The molecule has 1 heterocycles. The van der Waals surface area contributed by atoms with Crippen molar-refractivity contribution in [3.63, 3.8) is 0 Å². The maximum atomic E-state index is 12.9. The van der Waals surface area contributed by atoms with Gasteiger partial charge in [0.1, 0.15) is 11.6 Å². The molecule has 0 amide bonds. The van der Waals surface area contributed by atoms with Crippen LogP contribution in [0.15, 0.2) is 65.5 Å². The van der Waals surface area contributed by atoms with Gasteiger partial charge >= 0.3 is 0 Å². The van der Waals surface area contributed by atoms with Gasteiger partial charge in [0.15, 0.2) is 5.78 Å². The van der Waals surface area contributed by atoms with Crippen LogP contribution < -0.4 is 5.56 Å². The molecule has 3 aromatic rings. The van der Waals surface area contributed by atoms with E-state index in [4.69, 9.17) is 11.6 Å². The van der Waals surface area contributed by atoms with Crippen LogP contribution in [-0.4, -0.2) is 10.4 Å². The number of hydrogen-bond donors (Lipinski definition) is 0. The first-order valence-electron chi connectivity index (χ1n) is 8.61. The first kappa shape index (κ1) is 17.3. The van der Waals surface area contributed by atoms with E-state index in [-0.39, 0.29) is 17.3 Å². The standard InChI is InChI=1S/C22H15ClN2O2/c23-17-6-8-18(9-7-17)25-20-11-15(14-4-2-1-3-5-14)12-21(26)19(20)10-16(13-24)22(25)27/h1-10,15H,11-12H2/t15-/m1/s1. The quantitative estimate of drug-likeness (QED) is 0.672. The fourth-order valence-corrected chi connectivity index (χ4v) is 3.77. The van der Waals surface area contributed by atoms with Crippen molar-refractivity contribution in [2.24, 2.45) is 0 Å². The summed E-state index contributed by atoms with van der Waals surface area (Å²) in [5.41, 5.74) is 2.31. The fraction of sp³-hybridized carbons (Fsp3) is 0.136. The molecule has 27 heavy (non-hydrogen) atoms. The Balaban J connectivity index is 1.94. The number of nitrogens with zero attached hydrogens (tertiary/aromatic N) is 2. The third kappa shape index (κ3) is 3.07. The lowest BCUT2D eigenvalue weighted by molar-refractivity contribution is 0.0962. The minimum absolute atomic E-state index is 0.00270. The normalized spacial score (nSPS) is 15.9. The third-order valence-electron chi connectivity index (χ3n) is 4.95. The maximum absolute atomic E-state index is 12.9. The molecule has 0 saturated heterocycles. The zero-order valence-electron chi connectivity index (χ0n) is 14.4. The second-order valence-corrected chi connectivity index (χ2v) is 7.02. The maximum Gasteiger partial charge on any atom is 0.273 e. The van der Waals surface area contributed by atoms with Crippen LogP contribution in [0.3, 0.4) is 0 Å². The first-order valence-corrected chi connectivity index (χ1v) is 8.99. The Morgan fingerprint density at radius 3 is 2.37 bits per heavy atom. The fourth-order valence-electron chi connectivity index (χ4n) is 3.64. The number of ketones is 1. The topological polar surface area (TPSA) is 62.9 Å². The number of Topliss-reactive ketones (excluding diaryl/α,β-unsaturated/α-hetero) is 1. The second kappa shape index (κ2) is 6.86. The van der Waals surface area contributed by atoms with Gasteiger partial charge in [0.2, 0.25) is 0 Å². The molecule has 1 aliphatic carbocycles. The molecule has 1 aromatic heterocycles. The lowest BCUT2D eigenvalue weighted by Crippen LogP contribution is -2.31. The second-order valence-electron chi connectivity index (χ2n) is 6.59. The average Bonchev–Trinajstić information content (AvgIpc) is 2.69. The van der Waals surface area contributed by atoms with Gasteiger partial charge in [-0.2, -0.15) is 5.26 Å². The summed E-state index contributed by atoms with van der Waals surface area (Å²) in [6.45, 7) is 0. The van der Waals surface area contributed by atoms with Crippen molar-refractivity contribution in [3.8, 4) is 11.8 Å². The van der Waals surface area contributed by atoms with Gasteiger partial charge in [-0.05, 0) is 48.2 Å². The molecule has 0 radical (unpaired) electrons. The Labute approximate surface area is 161 Å². The van der Waals surface area contributed by atoms with E-state index in [1.54, 1.807) is 24.3 Å². The largest absolute Gasteiger partial charge is 0.294 e. The van der Waals surface area contributed by atoms with Gasteiger partial charge in [0, 0.05) is 28.4 Å². The SMILES string of the molecule is N#Cc1cc2c(n(-c3ccc(Cl)cc3)c1=O)C[C@@H](c1ccccc1)CC2=O. The van der Waals surface area contributed by atoms with Crippen LogP contribution >= 0.6 is 11.6 Å². The van der Waals surface area contributed by atoms with Crippen molar-refractivity contribution in [1.29, 1.82) is 5.26 Å². The summed E-state index contributed by atoms with van der Waals surface area (Å²) in [6, 6.07) is 20.0. The molecule has 4 rings (SSSR count). The van der Waals surface area contributed by atoms with Gasteiger partial charge in [0.05, 0.1) is 0 Å². The van der Waals surface area contributed by atoms with E-state index in [9.17, 15) is 14.9 Å². The van der Waals surface area contributed by atoms with Crippen LogP contribution in [0.2, 0.25) is 5.02 Å². The smallest absolute Gasteiger partial charge is 0.273 e. The zero-order valence-corrected chi connectivity index (χ0v) is 15.1. The number of carbonyl (C=O) groups excluding carboxylic acids is 1. The number of hydrogen-bond acceptors (Lipinski definition) is 3. The third-order valence-corrected chi connectivity index (χ3v) is 5.20. The number of carbonyl (C=O) groups is 1. The molecule has 4 nitrogen and oxygen atoms in total. The van der Waals surface area contributed by atoms with Gasteiger partial charge in [-0.15, -0.1) is 0 Å².